The fourth-order valence-corrected chi connectivity index (χ4v) is 9.01. The summed E-state index contributed by atoms with van der Waals surface area (Å²) in [5, 5.41) is 7.32. The fourth-order valence-electron chi connectivity index (χ4n) is 5.72. The van der Waals surface area contributed by atoms with Gasteiger partial charge in [0, 0.05) is 16.5 Å². The van der Waals surface area contributed by atoms with Gasteiger partial charge in [0.2, 0.25) is 27.7 Å². The smallest absolute Gasteiger partial charge is 0.308 e. The zero-order chi connectivity index (χ0) is 33.1. The maximum Gasteiger partial charge on any atom is 0.308 e. The summed E-state index contributed by atoms with van der Waals surface area (Å²) >= 11 is 2.00. The van der Waals surface area contributed by atoms with E-state index in [9.17, 15) is 32.0 Å². The van der Waals surface area contributed by atoms with Crippen molar-refractivity contribution in [1.29, 1.82) is 0 Å². The van der Waals surface area contributed by atoms with E-state index in [4.69, 9.17) is 5.14 Å². The van der Waals surface area contributed by atoms with Crippen LogP contribution in [0.3, 0.4) is 0 Å². The molecule has 238 valence electrons. The Morgan fingerprint density at radius 3 is 2.15 bits per heavy atom. The van der Waals surface area contributed by atoms with Crippen molar-refractivity contribution in [3.8, 4) is 0 Å². The number of benzene rings is 3. The Balaban J connectivity index is 1.38. The third kappa shape index (κ3) is 5.81. The molecule has 3 amide bonds. The SMILES string of the molecule is CC(C)(C)c1ccc([C@H]2c3sc(=O)n(CC(=O)Nc4ccc(S(N)(=O)=O)cc4)c3SC3C(=O)N(c4ccc(F)cc4)C(=O)C32)cc1. The van der Waals surface area contributed by atoms with Crippen LogP contribution in [0.1, 0.15) is 42.7 Å². The van der Waals surface area contributed by atoms with E-state index in [0.717, 1.165) is 39.1 Å². The van der Waals surface area contributed by atoms with Gasteiger partial charge in [0.15, 0.2) is 0 Å². The molecule has 6 rings (SSSR count). The van der Waals surface area contributed by atoms with Gasteiger partial charge in [-0.25, -0.2) is 22.8 Å². The van der Waals surface area contributed by atoms with Crippen LogP contribution in [-0.4, -0.2) is 36.0 Å². The Morgan fingerprint density at radius 1 is 0.935 bits per heavy atom. The van der Waals surface area contributed by atoms with Crippen LogP contribution >= 0.6 is 23.1 Å². The first-order valence-corrected chi connectivity index (χ1v) is 17.4. The number of primary sulfonamides is 1. The molecule has 3 N–H and O–H groups in total. The van der Waals surface area contributed by atoms with Crippen LogP contribution in [0.2, 0.25) is 0 Å². The van der Waals surface area contributed by atoms with Gasteiger partial charge in [-0.15, -0.1) is 0 Å². The third-order valence-corrected chi connectivity index (χ3v) is 11.6. The highest BCUT2D eigenvalue weighted by Crippen LogP contribution is 2.54. The van der Waals surface area contributed by atoms with Crippen molar-refractivity contribution in [2.75, 3.05) is 10.2 Å². The fraction of sp³-hybridized carbons (Fsp3) is 0.250. The maximum atomic E-state index is 14.0. The number of nitrogens with zero attached hydrogens (tertiary/aromatic N) is 2. The molecule has 10 nitrogen and oxygen atoms in total. The number of hydrogen-bond donors (Lipinski definition) is 2. The molecule has 14 heteroatoms. The minimum absolute atomic E-state index is 0.119. The number of rotatable bonds is 6. The van der Waals surface area contributed by atoms with Gasteiger partial charge in [-0.2, -0.15) is 0 Å². The number of halogens is 1. The largest absolute Gasteiger partial charge is 0.325 e. The number of anilines is 2. The second-order valence-corrected chi connectivity index (χ2v) is 15.8. The van der Waals surface area contributed by atoms with Crippen LogP contribution in [0.4, 0.5) is 15.8 Å². The van der Waals surface area contributed by atoms with Crippen LogP contribution < -0.4 is 20.2 Å². The average molecular weight is 681 g/mol. The van der Waals surface area contributed by atoms with Gasteiger partial charge >= 0.3 is 4.87 Å². The van der Waals surface area contributed by atoms with E-state index in [0.29, 0.717) is 15.6 Å². The maximum absolute atomic E-state index is 14.0. The number of sulfonamides is 1. The normalized spacial score (nSPS) is 19.6. The molecule has 2 unspecified atom stereocenters. The number of thiazole rings is 1. The Labute approximate surface area is 272 Å². The second kappa shape index (κ2) is 11.6. The molecule has 3 atom stereocenters. The molecule has 0 spiro atoms. The van der Waals surface area contributed by atoms with E-state index in [2.05, 4.69) is 26.1 Å². The first kappa shape index (κ1) is 31.9. The number of carbonyl (C=O) groups is 3. The topological polar surface area (TPSA) is 149 Å². The van der Waals surface area contributed by atoms with E-state index in [1.54, 1.807) is 0 Å². The average Bonchev–Trinajstić information content (AvgIpc) is 3.43. The molecule has 46 heavy (non-hydrogen) atoms. The molecular formula is C32H29FN4O6S3. The lowest BCUT2D eigenvalue weighted by Gasteiger charge is -2.31. The van der Waals surface area contributed by atoms with Crippen molar-refractivity contribution in [2.24, 2.45) is 11.1 Å². The lowest BCUT2D eigenvalue weighted by Crippen LogP contribution is -2.33. The Morgan fingerprint density at radius 2 is 1.57 bits per heavy atom. The van der Waals surface area contributed by atoms with Crippen LogP contribution in [0.5, 0.6) is 0 Å². The Hall–Kier alpha value is -4.11. The lowest BCUT2D eigenvalue weighted by molar-refractivity contribution is -0.122. The molecular weight excluding hydrogens is 652 g/mol. The minimum atomic E-state index is -3.91. The second-order valence-electron chi connectivity index (χ2n) is 12.1. The number of amides is 3. The zero-order valence-corrected chi connectivity index (χ0v) is 27.3. The van der Waals surface area contributed by atoms with Gasteiger partial charge in [0.1, 0.15) is 17.6 Å². The molecule has 1 saturated heterocycles. The van der Waals surface area contributed by atoms with E-state index < -0.39 is 55.5 Å². The highest BCUT2D eigenvalue weighted by atomic mass is 32.2. The molecule has 2 aliphatic rings. The predicted molar refractivity (Wildman–Crippen MR) is 174 cm³/mol. The zero-order valence-electron chi connectivity index (χ0n) is 24.9. The monoisotopic (exact) mass is 680 g/mol. The highest BCUT2D eigenvalue weighted by Gasteiger charge is 2.56. The summed E-state index contributed by atoms with van der Waals surface area (Å²) in [5.41, 5.74) is 2.24. The van der Waals surface area contributed by atoms with Crippen LogP contribution in [-0.2, 0) is 36.4 Å². The molecule has 1 fully saturated rings. The highest BCUT2D eigenvalue weighted by molar-refractivity contribution is 8.00. The summed E-state index contributed by atoms with van der Waals surface area (Å²) in [6.07, 6.45) is 0. The van der Waals surface area contributed by atoms with Gasteiger partial charge in [-0.1, -0.05) is 68.1 Å². The number of nitrogens with two attached hydrogens (primary N) is 1. The van der Waals surface area contributed by atoms with Crippen molar-refractivity contribution in [3.63, 3.8) is 0 Å². The van der Waals surface area contributed by atoms with Gasteiger partial charge in [-0.05, 0) is 65.1 Å². The first-order valence-electron chi connectivity index (χ1n) is 14.2. The summed E-state index contributed by atoms with van der Waals surface area (Å²) in [4.78, 5) is 55.5. The van der Waals surface area contributed by atoms with E-state index in [1.807, 2.05) is 24.3 Å². The number of hydrogen-bond acceptors (Lipinski definition) is 8. The molecule has 0 bridgehead atoms. The molecule has 1 aromatic heterocycles. The van der Waals surface area contributed by atoms with Crippen molar-refractivity contribution in [3.05, 3.63) is 104 Å². The summed E-state index contributed by atoms with van der Waals surface area (Å²) in [7, 11) is -3.91. The van der Waals surface area contributed by atoms with Crippen molar-refractivity contribution in [1.82, 2.24) is 4.57 Å². The predicted octanol–water partition coefficient (Wildman–Crippen LogP) is 4.43. The molecule has 3 heterocycles. The Kier molecular flexibility index (Phi) is 8.03. The number of imide groups is 1. The van der Waals surface area contributed by atoms with Crippen LogP contribution in [0.15, 0.2) is 87.5 Å². The Bertz CT molecular complexity index is 2030. The standard InChI is InChI=1S/C32H29FN4O6S3/c1-32(2,3)18-6-4-17(5-7-18)24-25-26(29(40)37(28(25)39)21-12-8-19(33)9-13-21)44-30-27(24)45-31(41)36(30)16-23(38)35-20-10-14-22(15-11-20)46(34,42)43/h4-15,24-26H,16H2,1-3H3,(H,35,38)(H2,34,42,43)/t24-,25?,26?/m1/s1. The lowest BCUT2D eigenvalue weighted by atomic mass is 9.81. The van der Waals surface area contributed by atoms with E-state index in [1.165, 1.54) is 53.1 Å². The van der Waals surface area contributed by atoms with Crippen LogP contribution in [0.25, 0.3) is 0 Å². The quantitative estimate of drug-likeness (QED) is 0.286. The number of thioether (sulfide) groups is 1. The summed E-state index contributed by atoms with van der Waals surface area (Å²) in [6, 6.07) is 18.2. The molecule has 2 aliphatic heterocycles. The molecule has 0 aliphatic carbocycles. The van der Waals surface area contributed by atoms with Crippen molar-refractivity contribution in [2.45, 2.75) is 53.8 Å². The number of carbonyl (C=O) groups excluding carboxylic acids is 3. The summed E-state index contributed by atoms with van der Waals surface area (Å²) < 4.78 is 38.1. The van der Waals surface area contributed by atoms with Crippen molar-refractivity contribution >= 4 is 62.2 Å². The van der Waals surface area contributed by atoms with E-state index in [-0.39, 0.29) is 22.5 Å². The third-order valence-electron chi connectivity index (χ3n) is 8.04. The van der Waals surface area contributed by atoms with Crippen molar-refractivity contribution < 1.29 is 27.2 Å². The number of fused-ring (bicyclic) bond motifs is 2. The minimum Gasteiger partial charge on any atom is -0.325 e. The molecule has 0 saturated carbocycles. The van der Waals surface area contributed by atoms with Gasteiger partial charge in [-0.3, -0.25) is 23.7 Å². The van der Waals surface area contributed by atoms with Gasteiger partial charge < -0.3 is 5.32 Å². The van der Waals surface area contributed by atoms with Crippen LogP contribution in [0, 0.1) is 11.7 Å². The van der Waals surface area contributed by atoms with Gasteiger partial charge in [0.05, 0.1) is 21.5 Å². The number of aromatic nitrogens is 1. The first-order chi connectivity index (χ1) is 21.6. The molecule has 3 aromatic carbocycles. The number of nitrogens with one attached hydrogen (secondary N) is 1. The summed E-state index contributed by atoms with van der Waals surface area (Å²) in [6.45, 7) is 5.86. The molecule has 4 aromatic rings. The van der Waals surface area contributed by atoms with Gasteiger partial charge in [0.25, 0.3) is 0 Å². The summed E-state index contributed by atoms with van der Waals surface area (Å²) in [5.74, 6) is -3.48. The molecule has 0 radical (unpaired) electrons. The van der Waals surface area contributed by atoms with E-state index >= 15 is 0 Å².